The Balaban J connectivity index is 2.12. The number of ether oxygens (including phenoxy) is 1. The summed E-state index contributed by atoms with van der Waals surface area (Å²) in [5.41, 5.74) is 2.60. The van der Waals surface area contributed by atoms with Crippen LogP contribution >= 0.6 is 0 Å². The van der Waals surface area contributed by atoms with Crippen LogP contribution in [-0.2, 0) is 37.6 Å². The van der Waals surface area contributed by atoms with Crippen molar-refractivity contribution in [2.75, 3.05) is 13.7 Å². The predicted molar refractivity (Wildman–Crippen MR) is 138 cm³/mol. The van der Waals surface area contributed by atoms with Crippen LogP contribution in [0.5, 0.6) is 0 Å². The highest BCUT2D eigenvalue weighted by molar-refractivity contribution is 5.91. The zero-order valence-corrected chi connectivity index (χ0v) is 21.2. The highest BCUT2D eigenvalue weighted by Crippen LogP contribution is 2.26. The predicted octanol–water partition coefficient (Wildman–Crippen LogP) is 3.96. The third-order valence-corrected chi connectivity index (χ3v) is 5.42. The van der Waals surface area contributed by atoms with Gasteiger partial charge >= 0.3 is 0 Å². The first-order chi connectivity index (χ1) is 17.2. The van der Waals surface area contributed by atoms with Crippen LogP contribution in [0.4, 0.5) is 4.39 Å². The van der Waals surface area contributed by atoms with Crippen molar-refractivity contribution in [3.63, 3.8) is 0 Å². The molecule has 0 aliphatic rings. The fourth-order valence-electron chi connectivity index (χ4n) is 3.58. The summed E-state index contributed by atoms with van der Waals surface area (Å²) >= 11 is 0. The molecule has 0 aliphatic carbocycles. The number of halogens is 1. The van der Waals surface area contributed by atoms with Gasteiger partial charge in [0.25, 0.3) is 0 Å². The molecule has 7 nitrogen and oxygen atoms in total. The smallest absolute Gasteiger partial charge is 0.242 e. The number of carbonyl (C=O) groups excluding carboxylic acids is 3. The Morgan fingerprint density at radius 2 is 1.81 bits per heavy atom. The van der Waals surface area contributed by atoms with Gasteiger partial charge in [0.1, 0.15) is 24.7 Å². The van der Waals surface area contributed by atoms with Crippen molar-refractivity contribution in [1.82, 2.24) is 10.6 Å². The average Bonchev–Trinajstić information content (AvgIpc) is 2.83. The molecule has 0 saturated heterocycles. The Bertz CT molecular complexity index is 1090. The lowest BCUT2D eigenvalue weighted by molar-refractivity contribution is -0.127. The highest BCUT2D eigenvalue weighted by atomic mass is 19.1. The summed E-state index contributed by atoms with van der Waals surface area (Å²) in [4.78, 5) is 39.9. The SMILES string of the molecule is COCc1ccc(C(NC(=O)CN=CN/C=C\C=O)C(=O)CCc2ccc(C(C)(C)C)c(F)c2)cc1. The van der Waals surface area contributed by atoms with E-state index in [0.717, 1.165) is 5.56 Å². The Kier molecular flexibility index (Phi) is 11.1. The standard InChI is InChI=1S/C28H34FN3O4/c1-28(2,3)23-12-8-20(16-24(23)29)9-13-25(34)27(22-10-6-21(7-11-22)18-36-4)32-26(35)17-31-19-30-14-5-15-33/h5-8,10-12,14-16,19,27H,9,13,17-18H2,1-4H3,(H,30,31)(H,32,35)/b14-5-. The number of rotatable bonds is 13. The molecule has 0 aromatic heterocycles. The van der Waals surface area contributed by atoms with E-state index < -0.39 is 11.9 Å². The lowest BCUT2D eigenvalue weighted by Gasteiger charge is -2.20. The zero-order valence-electron chi connectivity index (χ0n) is 21.2. The Morgan fingerprint density at radius 1 is 1.11 bits per heavy atom. The van der Waals surface area contributed by atoms with Gasteiger partial charge in [-0.25, -0.2) is 4.39 Å². The monoisotopic (exact) mass is 495 g/mol. The van der Waals surface area contributed by atoms with Gasteiger partial charge in [-0.15, -0.1) is 0 Å². The third kappa shape index (κ3) is 9.19. The number of amides is 1. The number of carbonyl (C=O) groups is 3. The summed E-state index contributed by atoms with van der Waals surface area (Å²) in [6.07, 6.45) is 4.98. The number of Topliss-reactive ketones (excluding diaryl/α,β-unsaturated/α-hetero) is 1. The molecule has 2 N–H and O–H groups in total. The number of methoxy groups -OCH3 is 1. The molecule has 0 spiro atoms. The second kappa shape index (κ2) is 14.0. The molecule has 1 unspecified atom stereocenters. The van der Waals surface area contributed by atoms with Crippen LogP contribution in [0.2, 0.25) is 0 Å². The normalized spacial score (nSPS) is 12.6. The van der Waals surface area contributed by atoms with Crippen LogP contribution in [0.25, 0.3) is 0 Å². The Labute approximate surface area is 211 Å². The zero-order chi connectivity index (χ0) is 26.6. The quantitative estimate of drug-likeness (QED) is 0.190. The van der Waals surface area contributed by atoms with E-state index in [1.165, 1.54) is 24.7 Å². The largest absolute Gasteiger partial charge is 0.380 e. The maximum Gasteiger partial charge on any atom is 0.242 e. The van der Waals surface area contributed by atoms with Crippen LogP contribution < -0.4 is 10.6 Å². The van der Waals surface area contributed by atoms with E-state index in [4.69, 9.17) is 4.74 Å². The number of nitrogens with one attached hydrogen (secondary N) is 2. The van der Waals surface area contributed by atoms with Crippen LogP contribution in [0, 0.1) is 5.82 Å². The number of hydrogen-bond acceptors (Lipinski definition) is 5. The number of allylic oxidation sites excluding steroid dienone is 1. The van der Waals surface area contributed by atoms with Crippen molar-refractivity contribution in [2.45, 2.75) is 51.7 Å². The number of hydrogen-bond donors (Lipinski definition) is 2. The fourth-order valence-corrected chi connectivity index (χ4v) is 3.58. The number of aldehydes is 1. The second-order valence-electron chi connectivity index (χ2n) is 9.34. The van der Waals surface area contributed by atoms with Crippen molar-refractivity contribution >= 4 is 24.3 Å². The van der Waals surface area contributed by atoms with Crippen LogP contribution in [0.3, 0.4) is 0 Å². The molecule has 8 heteroatoms. The first kappa shape index (κ1) is 28.6. The molecular weight excluding hydrogens is 461 g/mol. The third-order valence-electron chi connectivity index (χ3n) is 5.42. The molecule has 0 heterocycles. The van der Waals surface area contributed by atoms with E-state index in [0.29, 0.717) is 36.0 Å². The van der Waals surface area contributed by atoms with Crippen LogP contribution in [0.15, 0.2) is 59.7 Å². The summed E-state index contributed by atoms with van der Waals surface area (Å²) in [6, 6.07) is 11.5. The van der Waals surface area contributed by atoms with E-state index in [2.05, 4.69) is 15.6 Å². The molecule has 0 fully saturated rings. The van der Waals surface area contributed by atoms with Crippen molar-refractivity contribution in [3.8, 4) is 0 Å². The van der Waals surface area contributed by atoms with Crippen LogP contribution in [-0.4, -0.2) is 38.0 Å². The topological polar surface area (TPSA) is 96.9 Å². The van der Waals surface area contributed by atoms with Gasteiger partial charge in [0.05, 0.1) is 12.9 Å². The molecule has 1 atom stereocenters. The summed E-state index contributed by atoms with van der Waals surface area (Å²) in [7, 11) is 1.60. The summed E-state index contributed by atoms with van der Waals surface area (Å²) < 4.78 is 19.7. The number of benzene rings is 2. The number of aliphatic imine (C=N–C) groups is 1. The van der Waals surface area contributed by atoms with Gasteiger partial charge in [-0.05, 0) is 46.2 Å². The molecule has 0 aliphatic heterocycles. The highest BCUT2D eigenvalue weighted by Gasteiger charge is 2.23. The average molecular weight is 496 g/mol. The molecule has 0 saturated carbocycles. The fraction of sp³-hybridized carbons (Fsp3) is 0.357. The Hall–Kier alpha value is -3.65. The van der Waals surface area contributed by atoms with Gasteiger partial charge in [0.15, 0.2) is 5.78 Å². The second-order valence-corrected chi connectivity index (χ2v) is 9.34. The van der Waals surface area contributed by atoms with Crippen molar-refractivity contribution in [2.24, 2.45) is 4.99 Å². The van der Waals surface area contributed by atoms with Crippen molar-refractivity contribution in [1.29, 1.82) is 0 Å². The number of nitrogens with zero attached hydrogens (tertiary/aromatic N) is 1. The lowest BCUT2D eigenvalue weighted by atomic mass is 9.85. The minimum atomic E-state index is -0.870. The summed E-state index contributed by atoms with van der Waals surface area (Å²) in [5, 5.41) is 5.38. The number of aryl methyl sites for hydroxylation is 1. The van der Waals surface area contributed by atoms with E-state index in [9.17, 15) is 18.8 Å². The number of ketones is 1. The minimum Gasteiger partial charge on any atom is -0.380 e. The maximum absolute atomic E-state index is 14.6. The Morgan fingerprint density at radius 3 is 2.42 bits per heavy atom. The first-order valence-corrected chi connectivity index (χ1v) is 11.7. The van der Waals surface area contributed by atoms with Gasteiger partial charge in [0, 0.05) is 19.7 Å². The molecular formula is C28H34FN3O4. The molecule has 0 radical (unpaired) electrons. The molecule has 1 amide bonds. The van der Waals surface area contributed by atoms with Gasteiger partial charge in [0.2, 0.25) is 5.91 Å². The first-order valence-electron chi connectivity index (χ1n) is 11.7. The lowest BCUT2D eigenvalue weighted by Crippen LogP contribution is -2.35. The molecule has 36 heavy (non-hydrogen) atoms. The van der Waals surface area contributed by atoms with Gasteiger partial charge in [-0.2, -0.15) is 0 Å². The maximum atomic E-state index is 14.6. The summed E-state index contributed by atoms with van der Waals surface area (Å²) in [5.74, 6) is -0.924. The van der Waals surface area contributed by atoms with Gasteiger partial charge < -0.3 is 15.4 Å². The molecule has 192 valence electrons. The van der Waals surface area contributed by atoms with Crippen molar-refractivity contribution in [3.05, 3.63) is 82.8 Å². The van der Waals surface area contributed by atoms with E-state index >= 15 is 0 Å². The van der Waals surface area contributed by atoms with Crippen molar-refractivity contribution < 1.29 is 23.5 Å². The molecule has 2 aromatic carbocycles. The molecule has 2 rings (SSSR count). The minimum absolute atomic E-state index is 0.125. The van der Waals surface area contributed by atoms with E-state index in [-0.39, 0.29) is 30.0 Å². The summed E-state index contributed by atoms with van der Waals surface area (Å²) in [6.45, 7) is 6.07. The van der Waals surface area contributed by atoms with Crippen LogP contribution in [0.1, 0.15) is 55.5 Å². The van der Waals surface area contributed by atoms with Gasteiger partial charge in [-0.3, -0.25) is 19.4 Å². The molecule has 0 bridgehead atoms. The van der Waals surface area contributed by atoms with E-state index in [1.807, 2.05) is 39.0 Å². The van der Waals surface area contributed by atoms with Gasteiger partial charge in [-0.1, -0.05) is 57.2 Å². The molecule has 2 aromatic rings. The van der Waals surface area contributed by atoms with E-state index in [1.54, 1.807) is 25.3 Å².